The SMILES string of the molecule is CCOc1cncc(-c2ccc(CC(=O)C(C)(CCOC)c3cncc(CS(C)(=O)=O)n3)nc2)n1. The van der Waals surface area contributed by atoms with Gasteiger partial charge in [-0.25, -0.2) is 13.4 Å². The van der Waals surface area contributed by atoms with Crippen LogP contribution in [0.15, 0.2) is 43.1 Å². The Morgan fingerprint density at radius 3 is 2.46 bits per heavy atom. The molecule has 0 amide bonds. The van der Waals surface area contributed by atoms with Gasteiger partial charge in [-0.3, -0.25) is 24.7 Å². The molecule has 3 heterocycles. The van der Waals surface area contributed by atoms with Crippen molar-refractivity contribution in [3.05, 3.63) is 60.2 Å². The quantitative estimate of drug-likeness (QED) is 0.365. The zero-order valence-corrected chi connectivity index (χ0v) is 21.1. The smallest absolute Gasteiger partial charge is 0.232 e. The summed E-state index contributed by atoms with van der Waals surface area (Å²) in [6.07, 6.45) is 9.25. The van der Waals surface area contributed by atoms with E-state index < -0.39 is 15.3 Å². The number of hydrogen-bond donors (Lipinski definition) is 0. The van der Waals surface area contributed by atoms with Gasteiger partial charge in [0.1, 0.15) is 0 Å². The van der Waals surface area contributed by atoms with Crippen LogP contribution < -0.4 is 4.74 Å². The van der Waals surface area contributed by atoms with Gasteiger partial charge >= 0.3 is 0 Å². The highest BCUT2D eigenvalue weighted by Gasteiger charge is 2.36. The number of ketones is 1. The van der Waals surface area contributed by atoms with Crippen LogP contribution in [-0.2, 0) is 37.0 Å². The van der Waals surface area contributed by atoms with Gasteiger partial charge in [-0.1, -0.05) is 0 Å². The van der Waals surface area contributed by atoms with Crippen molar-refractivity contribution in [3.8, 4) is 17.1 Å². The van der Waals surface area contributed by atoms with Gasteiger partial charge in [-0.2, -0.15) is 0 Å². The van der Waals surface area contributed by atoms with Gasteiger partial charge in [0, 0.05) is 56.2 Å². The molecular weight excluding hydrogens is 470 g/mol. The van der Waals surface area contributed by atoms with E-state index in [1.54, 1.807) is 38.7 Å². The largest absolute Gasteiger partial charge is 0.477 e. The fraction of sp³-hybridized carbons (Fsp3) is 0.417. The van der Waals surface area contributed by atoms with Crippen molar-refractivity contribution in [3.63, 3.8) is 0 Å². The number of methoxy groups -OCH3 is 1. The molecule has 0 fully saturated rings. The number of nitrogens with zero attached hydrogens (tertiary/aromatic N) is 5. The molecule has 0 aliphatic heterocycles. The lowest BCUT2D eigenvalue weighted by molar-refractivity contribution is -0.124. The van der Waals surface area contributed by atoms with E-state index in [4.69, 9.17) is 9.47 Å². The number of ether oxygens (including phenoxy) is 2. The number of rotatable bonds is 12. The monoisotopic (exact) mass is 499 g/mol. The predicted octanol–water partition coefficient (Wildman–Crippen LogP) is 2.38. The normalized spacial score (nSPS) is 13.3. The first kappa shape index (κ1) is 26.3. The van der Waals surface area contributed by atoms with E-state index in [2.05, 4.69) is 24.9 Å². The Labute approximate surface area is 205 Å². The minimum absolute atomic E-state index is 0.0587. The number of pyridine rings is 1. The summed E-state index contributed by atoms with van der Waals surface area (Å²) in [7, 11) is -1.74. The summed E-state index contributed by atoms with van der Waals surface area (Å²) < 4.78 is 34.0. The van der Waals surface area contributed by atoms with Gasteiger partial charge in [-0.15, -0.1) is 0 Å². The van der Waals surface area contributed by atoms with Crippen molar-refractivity contribution in [2.24, 2.45) is 0 Å². The molecule has 35 heavy (non-hydrogen) atoms. The van der Waals surface area contributed by atoms with Crippen molar-refractivity contribution in [2.45, 2.75) is 37.9 Å². The average Bonchev–Trinajstić information content (AvgIpc) is 2.82. The Balaban J connectivity index is 1.83. The summed E-state index contributed by atoms with van der Waals surface area (Å²) in [5, 5.41) is 0. The number of sulfone groups is 1. The van der Waals surface area contributed by atoms with Crippen molar-refractivity contribution < 1.29 is 22.7 Å². The summed E-state index contributed by atoms with van der Waals surface area (Å²) in [4.78, 5) is 35.1. The van der Waals surface area contributed by atoms with Gasteiger partial charge in [-0.05, 0) is 32.4 Å². The Morgan fingerprint density at radius 1 is 1.03 bits per heavy atom. The lowest BCUT2D eigenvalue weighted by Gasteiger charge is -2.27. The molecule has 0 aromatic carbocycles. The highest BCUT2D eigenvalue weighted by molar-refractivity contribution is 7.89. The molecule has 0 bridgehead atoms. The van der Waals surface area contributed by atoms with E-state index in [1.165, 1.54) is 12.4 Å². The summed E-state index contributed by atoms with van der Waals surface area (Å²) in [5.41, 5.74) is 1.60. The third-order valence-corrected chi connectivity index (χ3v) is 6.27. The van der Waals surface area contributed by atoms with Crippen LogP contribution in [0.1, 0.15) is 37.4 Å². The van der Waals surface area contributed by atoms with Crippen LogP contribution in [-0.4, -0.2) is 65.7 Å². The lowest BCUT2D eigenvalue weighted by Crippen LogP contribution is -2.36. The van der Waals surface area contributed by atoms with Crippen molar-refractivity contribution in [2.75, 3.05) is 26.6 Å². The van der Waals surface area contributed by atoms with Crippen molar-refractivity contribution in [1.29, 1.82) is 0 Å². The molecule has 0 saturated heterocycles. The van der Waals surface area contributed by atoms with E-state index in [1.807, 2.05) is 13.0 Å². The first-order chi connectivity index (χ1) is 16.6. The van der Waals surface area contributed by atoms with Gasteiger partial charge in [0.15, 0.2) is 15.6 Å². The maximum atomic E-state index is 13.5. The van der Waals surface area contributed by atoms with Gasteiger partial charge in [0.25, 0.3) is 0 Å². The first-order valence-electron chi connectivity index (χ1n) is 11.1. The third-order valence-electron chi connectivity index (χ3n) is 5.45. The van der Waals surface area contributed by atoms with Crippen LogP contribution in [0.2, 0.25) is 0 Å². The fourth-order valence-electron chi connectivity index (χ4n) is 3.47. The third kappa shape index (κ3) is 7.09. The molecule has 3 aromatic heterocycles. The van der Waals surface area contributed by atoms with Crippen LogP contribution in [0, 0.1) is 0 Å². The number of hydrogen-bond acceptors (Lipinski definition) is 10. The first-order valence-corrected chi connectivity index (χ1v) is 13.1. The minimum Gasteiger partial charge on any atom is -0.477 e. The molecule has 11 heteroatoms. The van der Waals surface area contributed by atoms with Crippen molar-refractivity contribution >= 4 is 15.6 Å². The van der Waals surface area contributed by atoms with E-state index in [-0.39, 0.29) is 18.0 Å². The van der Waals surface area contributed by atoms with Crippen LogP contribution >= 0.6 is 0 Å². The van der Waals surface area contributed by atoms with Gasteiger partial charge in [0.2, 0.25) is 5.88 Å². The molecule has 0 radical (unpaired) electrons. The van der Waals surface area contributed by atoms with Gasteiger partial charge in [0.05, 0.1) is 47.3 Å². The van der Waals surface area contributed by atoms with Gasteiger partial charge < -0.3 is 9.47 Å². The van der Waals surface area contributed by atoms with E-state index in [9.17, 15) is 13.2 Å². The second-order valence-electron chi connectivity index (χ2n) is 8.35. The summed E-state index contributed by atoms with van der Waals surface area (Å²) in [6.45, 7) is 4.45. The van der Waals surface area contributed by atoms with Crippen LogP contribution in [0.25, 0.3) is 11.3 Å². The Bertz CT molecular complexity index is 1270. The summed E-state index contributed by atoms with van der Waals surface area (Å²) in [5.74, 6) is 0.0508. The Hall–Kier alpha value is -3.31. The lowest BCUT2D eigenvalue weighted by atomic mass is 9.77. The zero-order chi connectivity index (χ0) is 25.5. The molecule has 3 aromatic rings. The van der Waals surface area contributed by atoms with Crippen LogP contribution in [0.4, 0.5) is 0 Å². The molecule has 0 saturated carbocycles. The van der Waals surface area contributed by atoms with Crippen LogP contribution in [0.5, 0.6) is 5.88 Å². The Kier molecular flexibility index (Phi) is 8.57. The van der Waals surface area contributed by atoms with E-state index >= 15 is 0 Å². The molecule has 0 N–H and O–H groups in total. The molecule has 186 valence electrons. The second kappa shape index (κ2) is 11.4. The topological polar surface area (TPSA) is 134 Å². The maximum absolute atomic E-state index is 13.5. The van der Waals surface area contributed by atoms with E-state index in [0.29, 0.717) is 48.3 Å². The van der Waals surface area contributed by atoms with E-state index in [0.717, 1.165) is 11.8 Å². The highest BCUT2D eigenvalue weighted by atomic mass is 32.2. The molecular formula is C24H29N5O5S. The molecule has 1 atom stereocenters. The maximum Gasteiger partial charge on any atom is 0.232 e. The highest BCUT2D eigenvalue weighted by Crippen LogP contribution is 2.29. The second-order valence-corrected chi connectivity index (χ2v) is 10.5. The number of Topliss-reactive ketones (excluding diaryl/α,β-unsaturated/α-hetero) is 1. The average molecular weight is 500 g/mol. The summed E-state index contributed by atoms with van der Waals surface area (Å²) >= 11 is 0. The standard InChI is InChI=1S/C24H29N5O5S/c1-5-34-23-15-26-13-20(29-23)17-6-7-18(27-11-17)10-22(30)24(2,8-9-33-3)21-14-25-12-19(28-21)16-35(4,31)32/h6-7,11-15H,5,8-10,16H2,1-4H3. The molecule has 3 rings (SSSR count). The summed E-state index contributed by atoms with van der Waals surface area (Å²) in [6, 6.07) is 3.60. The molecule has 0 spiro atoms. The molecule has 1 unspecified atom stereocenters. The molecule has 0 aliphatic carbocycles. The fourth-order valence-corrected chi connectivity index (χ4v) is 4.15. The number of carbonyl (C=O) groups is 1. The zero-order valence-electron chi connectivity index (χ0n) is 20.3. The van der Waals surface area contributed by atoms with Crippen LogP contribution in [0.3, 0.4) is 0 Å². The molecule has 10 nitrogen and oxygen atoms in total. The van der Waals surface area contributed by atoms with Crippen molar-refractivity contribution in [1.82, 2.24) is 24.9 Å². The Morgan fingerprint density at radius 2 is 1.80 bits per heavy atom. The number of carbonyl (C=O) groups excluding carboxylic acids is 1. The predicted molar refractivity (Wildman–Crippen MR) is 130 cm³/mol. The molecule has 0 aliphatic rings. The minimum atomic E-state index is -3.30. The number of aromatic nitrogens is 5.